The van der Waals surface area contributed by atoms with Crippen LogP contribution < -0.4 is 10.2 Å². The maximum Gasteiger partial charge on any atom is 0.249 e. The first-order valence-electron chi connectivity index (χ1n) is 6.23. The van der Waals surface area contributed by atoms with Crippen LogP contribution in [0, 0.1) is 0 Å². The zero-order valence-corrected chi connectivity index (χ0v) is 10.4. The highest BCUT2D eigenvalue weighted by Gasteiger charge is 2.32. The summed E-state index contributed by atoms with van der Waals surface area (Å²) in [5, 5.41) is 3.13. The largest absolute Gasteiger partial charge is 0.357 e. The number of nitrogens with one attached hydrogen (secondary N) is 1. The molecule has 1 aliphatic rings. The molecule has 1 aromatic carbocycles. The van der Waals surface area contributed by atoms with Gasteiger partial charge in [0.1, 0.15) is 11.9 Å². The Morgan fingerprint density at radius 1 is 1.21 bits per heavy atom. The van der Waals surface area contributed by atoms with E-state index in [4.69, 9.17) is 0 Å². The predicted molar refractivity (Wildman–Crippen MR) is 72.9 cm³/mol. The number of benzene rings is 1. The zero-order chi connectivity index (χ0) is 13.1. The van der Waals surface area contributed by atoms with Gasteiger partial charge in [0.05, 0.1) is 6.20 Å². The number of carbonyl (C=O) groups excluding carboxylic acids is 1. The molecule has 0 radical (unpaired) electrons. The van der Waals surface area contributed by atoms with Crippen LogP contribution >= 0.6 is 0 Å². The third-order valence-electron chi connectivity index (χ3n) is 3.16. The van der Waals surface area contributed by atoms with Gasteiger partial charge in [-0.25, -0.2) is 4.98 Å². The van der Waals surface area contributed by atoms with Gasteiger partial charge in [0.2, 0.25) is 5.91 Å². The molecule has 1 aromatic heterocycles. The Balaban J connectivity index is 1.73. The molecular weight excluding hydrogens is 240 g/mol. The van der Waals surface area contributed by atoms with E-state index >= 15 is 0 Å². The SMILES string of the molecule is O=C1C(Nc2cnccn2)CCN1c1ccccc1. The molecule has 1 atom stereocenters. The van der Waals surface area contributed by atoms with Crippen molar-refractivity contribution in [3.8, 4) is 0 Å². The molecule has 1 aliphatic heterocycles. The van der Waals surface area contributed by atoms with Crippen LogP contribution in [0.5, 0.6) is 0 Å². The summed E-state index contributed by atoms with van der Waals surface area (Å²) in [6.07, 6.45) is 5.61. The van der Waals surface area contributed by atoms with E-state index in [9.17, 15) is 4.79 Å². The van der Waals surface area contributed by atoms with Gasteiger partial charge in [-0.1, -0.05) is 18.2 Å². The van der Waals surface area contributed by atoms with Gasteiger partial charge in [0.25, 0.3) is 0 Å². The summed E-state index contributed by atoms with van der Waals surface area (Å²) in [7, 11) is 0. The number of para-hydroxylation sites is 1. The Kier molecular flexibility index (Phi) is 3.10. The quantitative estimate of drug-likeness (QED) is 0.905. The second-order valence-corrected chi connectivity index (χ2v) is 4.40. The zero-order valence-electron chi connectivity index (χ0n) is 10.4. The maximum absolute atomic E-state index is 12.3. The van der Waals surface area contributed by atoms with Crippen molar-refractivity contribution in [2.24, 2.45) is 0 Å². The minimum Gasteiger partial charge on any atom is -0.357 e. The van der Waals surface area contributed by atoms with Crippen molar-refractivity contribution in [2.75, 3.05) is 16.8 Å². The average Bonchev–Trinajstić information content (AvgIpc) is 2.82. The van der Waals surface area contributed by atoms with Crippen LogP contribution in [-0.2, 0) is 4.79 Å². The Hall–Kier alpha value is -2.43. The van der Waals surface area contributed by atoms with Crippen molar-refractivity contribution in [3.05, 3.63) is 48.9 Å². The highest BCUT2D eigenvalue weighted by atomic mass is 16.2. The smallest absolute Gasteiger partial charge is 0.249 e. The summed E-state index contributed by atoms with van der Waals surface area (Å²) >= 11 is 0. The third-order valence-corrected chi connectivity index (χ3v) is 3.16. The molecule has 96 valence electrons. The molecule has 1 saturated heterocycles. The third kappa shape index (κ3) is 2.40. The molecule has 0 aliphatic carbocycles. The first-order chi connectivity index (χ1) is 9.34. The van der Waals surface area contributed by atoms with Crippen LogP contribution in [0.1, 0.15) is 6.42 Å². The van der Waals surface area contributed by atoms with Gasteiger partial charge < -0.3 is 10.2 Å². The molecule has 0 saturated carbocycles. The van der Waals surface area contributed by atoms with E-state index in [-0.39, 0.29) is 11.9 Å². The van der Waals surface area contributed by atoms with Gasteiger partial charge in [0, 0.05) is 24.6 Å². The van der Waals surface area contributed by atoms with Crippen molar-refractivity contribution in [2.45, 2.75) is 12.5 Å². The molecule has 2 aromatic rings. The summed E-state index contributed by atoms with van der Waals surface area (Å²) in [6.45, 7) is 0.723. The normalized spacial score (nSPS) is 18.6. The Labute approximate surface area is 111 Å². The summed E-state index contributed by atoms with van der Waals surface area (Å²) in [4.78, 5) is 22.2. The van der Waals surface area contributed by atoms with Gasteiger partial charge >= 0.3 is 0 Å². The van der Waals surface area contributed by atoms with Gasteiger partial charge in [-0.3, -0.25) is 9.78 Å². The van der Waals surface area contributed by atoms with E-state index in [1.165, 1.54) is 0 Å². The number of hydrogen-bond donors (Lipinski definition) is 1. The highest BCUT2D eigenvalue weighted by Crippen LogP contribution is 2.22. The second kappa shape index (κ2) is 5.06. The summed E-state index contributed by atoms with van der Waals surface area (Å²) < 4.78 is 0. The van der Waals surface area contributed by atoms with Crippen LogP contribution in [0.25, 0.3) is 0 Å². The summed E-state index contributed by atoms with van der Waals surface area (Å²) in [5.41, 5.74) is 0.941. The molecule has 19 heavy (non-hydrogen) atoms. The average molecular weight is 254 g/mol. The van der Waals surface area contributed by atoms with Gasteiger partial charge in [0.15, 0.2) is 0 Å². The van der Waals surface area contributed by atoms with Crippen LogP contribution in [0.4, 0.5) is 11.5 Å². The molecule has 5 nitrogen and oxygen atoms in total. The number of rotatable bonds is 3. The van der Waals surface area contributed by atoms with Crippen molar-refractivity contribution in [1.82, 2.24) is 9.97 Å². The van der Waals surface area contributed by atoms with Crippen molar-refractivity contribution in [3.63, 3.8) is 0 Å². The fourth-order valence-corrected chi connectivity index (χ4v) is 2.23. The lowest BCUT2D eigenvalue weighted by atomic mass is 10.2. The molecule has 3 rings (SSSR count). The van der Waals surface area contributed by atoms with Crippen LogP contribution in [0.2, 0.25) is 0 Å². The van der Waals surface area contributed by atoms with E-state index in [2.05, 4.69) is 15.3 Å². The van der Waals surface area contributed by atoms with E-state index in [1.807, 2.05) is 30.3 Å². The molecule has 0 spiro atoms. The standard InChI is InChI=1S/C14H14N4O/c19-14-12(17-13-10-15-7-8-16-13)6-9-18(14)11-4-2-1-3-5-11/h1-5,7-8,10,12H,6,9H2,(H,16,17). The number of carbonyl (C=O) groups is 1. The van der Waals surface area contributed by atoms with E-state index < -0.39 is 0 Å². The van der Waals surface area contributed by atoms with E-state index in [0.29, 0.717) is 5.82 Å². The molecule has 5 heteroatoms. The summed E-state index contributed by atoms with van der Waals surface area (Å²) in [5.74, 6) is 0.715. The van der Waals surface area contributed by atoms with Crippen LogP contribution in [0.15, 0.2) is 48.9 Å². The topological polar surface area (TPSA) is 58.1 Å². The fraction of sp³-hybridized carbons (Fsp3) is 0.214. The fourth-order valence-electron chi connectivity index (χ4n) is 2.23. The number of nitrogens with zero attached hydrogens (tertiary/aromatic N) is 3. The van der Waals surface area contributed by atoms with Crippen molar-refractivity contribution < 1.29 is 4.79 Å². The predicted octanol–water partition coefficient (Wildman–Crippen LogP) is 1.69. The van der Waals surface area contributed by atoms with Crippen molar-refractivity contribution in [1.29, 1.82) is 0 Å². The lowest BCUT2D eigenvalue weighted by Crippen LogP contribution is -2.33. The van der Waals surface area contributed by atoms with Crippen LogP contribution in [-0.4, -0.2) is 28.5 Å². The van der Waals surface area contributed by atoms with Crippen molar-refractivity contribution >= 4 is 17.4 Å². The van der Waals surface area contributed by atoms with E-state index in [0.717, 1.165) is 18.7 Å². The summed E-state index contributed by atoms with van der Waals surface area (Å²) in [6, 6.07) is 9.49. The Morgan fingerprint density at radius 3 is 2.79 bits per heavy atom. The number of anilines is 2. The monoisotopic (exact) mass is 254 g/mol. The number of hydrogen-bond acceptors (Lipinski definition) is 4. The first-order valence-corrected chi connectivity index (χ1v) is 6.23. The Bertz CT molecular complexity index is 558. The molecule has 1 unspecified atom stereocenters. The van der Waals surface area contributed by atoms with E-state index in [1.54, 1.807) is 23.5 Å². The lowest BCUT2D eigenvalue weighted by Gasteiger charge is -2.17. The Morgan fingerprint density at radius 2 is 2.05 bits per heavy atom. The van der Waals surface area contributed by atoms with Gasteiger partial charge in [-0.15, -0.1) is 0 Å². The van der Waals surface area contributed by atoms with Crippen LogP contribution in [0.3, 0.4) is 0 Å². The number of aromatic nitrogens is 2. The lowest BCUT2D eigenvalue weighted by molar-refractivity contribution is -0.117. The molecular formula is C14H14N4O. The molecule has 1 amide bonds. The minimum atomic E-state index is -0.225. The second-order valence-electron chi connectivity index (χ2n) is 4.40. The van der Waals surface area contributed by atoms with Gasteiger partial charge in [-0.05, 0) is 18.6 Å². The van der Waals surface area contributed by atoms with Gasteiger partial charge in [-0.2, -0.15) is 0 Å². The maximum atomic E-state index is 12.3. The number of amides is 1. The molecule has 1 N–H and O–H groups in total. The highest BCUT2D eigenvalue weighted by molar-refractivity contribution is 6.00. The molecule has 1 fully saturated rings. The first kappa shape index (κ1) is 11.6. The molecule has 0 bridgehead atoms. The molecule has 2 heterocycles. The minimum absolute atomic E-state index is 0.0804.